The molecule has 0 bridgehead atoms. The monoisotopic (exact) mass is 221 g/mol. The summed E-state index contributed by atoms with van der Waals surface area (Å²) in [5.41, 5.74) is -0.0474. The fourth-order valence-corrected chi connectivity index (χ4v) is 1.27. The number of hydrogen-bond donors (Lipinski definition) is 1. The van der Waals surface area contributed by atoms with Crippen molar-refractivity contribution in [2.24, 2.45) is 0 Å². The number of hydrogen-bond acceptors (Lipinski definition) is 6. The molecule has 0 spiro atoms. The molecule has 0 fully saturated rings. The van der Waals surface area contributed by atoms with Crippen molar-refractivity contribution in [2.45, 2.75) is 5.92 Å². The summed E-state index contributed by atoms with van der Waals surface area (Å²) in [7, 11) is 1.14. The zero-order valence-electron chi connectivity index (χ0n) is 8.45. The van der Waals surface area contributed by atoms with Crippen LogP contribution in [0.1, 0.15) is 11.5 Å². The normalized spacial score (nSPS) is 11.4. The maximum atomic E-state index is 11.3. The number of methoxy groups -OCH3 is 1. The van der Waals surface area contributed by atoms with Gasteiger partial charge in [0.05, 0.1) is 18.9 Å². The van der Waals surface area contributed by atoms with Gasteiger partial charge >= 0.3 is 5.97 Å². The van der Waals surface area contributed by atoms with E-state index in [0.29, 0.717) is 0 Å². The van der Waals surface area contributed by atoms with Crippen LogP contribution in [0.25, 0.3) is 0 Å². The Morgan fingerprint density at radius 1 is 1.62 bits per heavy atom. The molecule has 0 saturated carbocycles. The van der Waals surface area contributed by atoms with Crippen LogP contribution in [0.2, 0.25) is 0 Å². The molecular weight excluding hydrogens is 212 g/mol. The average Bonchev–Trinajstić information content (AvgIpc) is 2.30. The molecule has 6 nitrogen and oxygen atoms in total. The van der Waals surface area contributed by atoms with Crippen molar-refractivity contribution in [1.29, 1.82) is 5.26 Å². The zero-order chi connectivity index (χ0) is 12.1. The van der Waals surface area contributed by atoms with Crippen LogP contribution < -0.4 is 5.23 Å². The molecule has 0 aliphatic rings. The second-order valence-electron chi connectivity index (χ2n) is 2.92. The second-order valence-corrected chi connectivity index (χ2v) is 2.92. The summed E-state index contributed by atoms with van der Waals surface area (Å²) in [6.45, 7) is 0. The number of nitriles is 1. The number of carbonyl (C=O) groups excluding carboxylic acids is 1. The third kappa shape index (κ3) is 2.28. The Hall–Kier alpha value is -2.10. The SMILES string of the molecule is COC(=O)[C@@H](C#N)c1ccccc1N([O-])O. The molecule has 1 atom stereocenters. The van der Waals surface area contributed by atoms with E-state index in [1.807, 2.05) is 0 Å². The van der Waals surface area contributed by atoms with E-state index in [1.54, 1.807) is 12.1 Å². The molecule has 0 unspecified atom stereocenters. The molecule has 0 radical (unpaired) electrons. The topological polar surface area (TPSA) is 96.6 Å². The number of carbonyl (C=O) groups is 1. The number of para-hydroxylation sites is 1. The van der Waals surface area contributed by atoms with Crippen molar-refractivity contribution in [3.05, 3.63) is 35.0 Å². The second kappa shape index (κ2) is 5.11. The third-order valence-corrected chi connectivity index (χ3v) is 2.02. The van der Waals surface area contributed by atoms with Crippen LogP contribution in [0, 0.1) is 16.5 Å². The molecule has 0 aliphatic carbocycles. The summed E-state index contributed by atoms with van der Waals surface area (Å²) < 4.78 is 4.43. The first-order chi connectivity index (χ1) is 7.61. The maximum Gasteiger partial charge on any atom is 0.327 e. The van der Waals surface area contributed by atoms with Gasteiger partial charge < -0.3 is 15.2 Å². The van der Waals surface area contributed by atoms with Gasteiger partial charge in [0.1, 0.15) is 0 Å². The molecule has 6 heteroatoms. The molecular formula is C10H9N2O4-. The van der Waals surface area contributed by atoms with Crippen molar-refractivity contribution in [3.8, 4) is 6.07 Å². The minimum Gasteiger partial charge on any atom is -0.733 e. The minimum absolute atomic E-state index is 0.106. The van der Waals surface area contributed by atoms with Crippen molar-refractivity contribution in [3.63, 3.8) is 0 Å². The largest absolute Gasteiger partial charge is 0.733 e. The molecule has 1 aromatic rings. The van der Waals surface area contributed by atoms with Crippen LogP contribution in [0.15, 0.2) is 24.3 Å². The Labute approximate surface area is 91.8 Å². The summed E-state index contributed by atoms with van der Waals surface area (Å²) in [6.07, 6.45) is 0. The molecule has 0 aliphatic heterocycles. The lowest BCUT2D eigenvalue weighted by Gasteiger charge is -2.25. The first-order valence-corrected chi connectivity index (χ1v) is 4.34. The highest BCUT2D eigenvalue weighted by Gasteiger charge is 2.23. The zero-order valence-corrected chi connectivity index (χ0v) is 8.45. The van der Waals surface area contributed by atoms with E-state index in [1.165, 1.54) is 18.2 Å². The summed E-state index contributed by atoms with van der Waals surface area (Å²) >= 11 is 0. The molecule has 84 valence electrons. The van der Waals surface area contributed by atoms with Crippen molar-refractivity contribution >= 4 is 11.7 Å². The smallest absolute Gasteiger partial charge is 0.327 e. The quantitative estimate of drug-likeness (QED) is 0.607. The Bertz CT molecular complexity index is 425. The van der Waals surface area contributed by atoms with E-state index in [0.717, 1.165) is 7.11 Å². The highest BCUT2D eigenvalue weighted by Crippen LogP contribution is 2.27. The Kier molecular flexibility index (Phi) is 3.83. The van der Waals surface area contributed by atoms with Gasteiger partial charge in [-0.2, -0.15) is 5.26 Å². The number of rotatable bonds is 3. The predicted molar refractivity (Wildman–Crippen MR) is 54.4 cm³/mol. The number of nitrogens with zero attached hydrogens (tertiary/aromatic N) is 2. The van der Waals surface area contributed by atoms with Crippen molar-refractivity contribution in [2.75, 3.05) is 12.3 Å². The molecule has 0 amide bonds. The standard InChI is InChI=1S/C10H9N2O4/c1-16-10(13)8(6-11)7-4-2-3-5-9(7)12(14)15/h2-5,8,14H,1H3/q-1/t8-/m0/s1. The molecule has 16 heavy (non-hydrogen) atoms. The number of benzene rings is 1. The Morgan fingerprint density at radius 2 is 2.25 bits per heavy atom. The summed E-state index contributed by atoms with van der Waals surface area (Å²) in [4.78, 5) is 11.3. The van der Waals surface area contributed by atoms with Gasteiger partial charge in [-0.15, -0.1) is 0 Å². The predicted octanol–water partition coefficient (Wildman–Crippen LogP) is 1.16. The van der Waals surface area contributed by atoms with E-state index in [4.69, 9.17) is 10.5 Å². The van der Waals surface area contributed by atoms with Crippen LogP contribution >= 0.6 is 0 Å². The maximum absolute atomic E-state index is 11.3. The summed E-state index contributed by atoms with van der Waals surface area (Å²) in [5, 5.41) is 28.1. The highest BCUT2D eigenvalue weighted by atomic mass is 16.8. The van der Waals surface area contributed by atoms with E-state index in [2.05, 4.69) is 4.74 Å². The number of anilines is 1. The lowest BCUT2D eigenvalue weighted by molar-refractivity contribution is -0.140. The van der Waals surface area contributed by atoms with Crippen LogP contribution in [-0.2, 0) is 9.53 Å². The molecule has 1 aromatic carbocycles. The van der Waals surface area contributed by atoms with Gasteiger partial charge in [-0.05, 0) is 6.07 Å². The fraction of sp³-hybridized carbons (Fsp3) is 0.200. The first kappa shape index (κ1) is 12.0. The van der Waals surface area contributed by atoms with Gasteiger partial charge in [-0.3, -0.25) is 10.0 Å². The first-order valence-electron chi connectivity index (χ1n) is 4.34. The highest BCUT2D eigenvalue weighted by molar-refractivity contribution is 5.83. The van der Waals surface area contributed by atoms with Gasteiger partial charge in [-0.25, -0.2) is 0 Å². The van der Waals surface area contributed by atoms with Crippen molar-refractivity contribution < 1.29 is 14.7 Å². The van der Waals surface area contributed by atoms with E-state index in [-0.39, 0.29) is 16.5 Å². The molecule has 1 N–H and O–H groups in total. The van der Waals surface area contributed by atoms with Gasteiger partial charge in [-0.1, -0.05) is 18.2 Å². The Balaban J connectivity index is 3.21. The van der Waals surface area contributed by atoms with E-state index in [9.17, 15) is 10.0 Å². The van der Waals surface area contributed by atoms with Gasteiger partial charge in [0.2, 0.25) is 0 Å². The fourth-order valence-electron chi connectivity index (χ4n) is 1.27. The van der Waals surface area contributed by atoms with Crippen molar-refractivity contribution in [1.82, 2.24) is 0 Å². The van der Waals surface area contributed by atoms with Crippen LogP contribution in [0.5, 0.6) is 0 Å². The van der Waals surface area contributed by atoms with Crippen LogP contribution in [0.3, 0.4) is 0 Å². The minimum atomic E-state index is -1.23. The molecule has 1 rings (SSSR count). The molecule has 0 heterocycles. The Morgan fingerprint density at radius 3 is 2.75 bits per heavy atom. The van der Waals surface area contributed by atoms with Crippen LogP contribution in [-0.4, -0.2) is 18.3 Å². The number of esters is 1. The summed E-state index contributed by atoms with van der Waals surface area (Å²) in [5.74, 6) is -2.01. The average molecular weight is 221 g/mol. The summed E-state index contributed by atoms with van der Waals surface area (Å²) in [6, 6.07) is 7.48. The van der Waals surface area contributed by atoms with E-state index >= 15 is 0 Å². The molecule has 0 aromatic heterocycles. The third-order valence-electron chi connectivity index (χ3n) is 2.02. The van der Waals surface area contributed by atoms with Gasteiger partial charge in [0.15, 0.2) is 5.92 Å². The molecule has 0 saturated heterocycles. The lowest BCUT2D eigenvalue weighted by atomic mass is 9.99. The van der Waals surface area contributed by atoms with Gasteiger partial charge in [0.25, 0.3) is 0 Å². The van der Waals surface area contributed by atoms with Crippen LogP contribution in [0.4, 0.5) is 5.69 Å². The lowest BCUT2D eigenvalue weighted by Crippen LogP contribution is -2.17. The number of ether oxygens (including phenoxy) is 1. The van der Waals surface area contributed by atoms with E-state index < -0.39 is 11.9 Å². The van der Waals surface area contributed by atoms with Gasteiger partial charge in [0, 0.05) is 5.56 Å².